The first-order valence-corrected chi connectivity index (χ1v) is 7.77. The van der Waals surface area contributed by atoms with Crippen molar-refractivity contribution in [3.8, 4) is 0 Å². The molecule has 5 heteroatoms. The maximum atomic E-state index is 11.9. The topological polar surface area (TPSA) is 41.1 Å². The molecule has 0 fully saturated rings. The smallest absolute Gasteiger partial charge is 0.226 e. The number of carbonyl (C=O) groups excluding carboxylic acids is 1. The van der Waals surface area contributed by atoms with E-state index in [1.54, 1.807) is 6.07 Å². The molecule has 1 amide bonds. The first-order valence-electron chi connectivity index (χ1n) is 6.60. The van der Waals surface area contributed by atoms with Crippen molar-refractivity contribution in [2.75, 3.05) is 17.2 Å². The van der Waals surface area contributed by atoms with E-state index in [-0.39, 0.29) is 5.91 Å². The predicted molar refractivity (Wildman–Crippen MR) is 92.1 cm³/mol. The number of halogens is 2. The third kappa shape index (κ3) is 5.06. The van der Waals surface area contributed by atoms with Crippen molar-refractivity contribution in [1.29, 1.82) is 0 Å². The summed E-state index contributed by atoms with van der Waals surface area (Å²) in [5.41, 5.74) is 2.74. The summed E-state index contributed by atoms with van der Waals surface area (Å²) in [4.78, 5) is 11.9. The van der Waals surface area contributed by atoms with Crippen LogP contribution >= 0.6 is 27.5 Å². The highest BCUT2D eigenvalue weighted by Crippen LogP contribution is 2.20. The zero-order valence-corrected chi connectivity index (χ0v) is 14.0. The summed E-state index contributed by atoms with van der Waals surface area (Å²) >= 11 is 9.30. The molecule has 0 saturated carbocycles. The van der Waals surface area contributed by atoms with Crippen LogP contribution in [0.15, 0.2) is 46.9 Å². The molecule has 2 aromatic carbocycles. The summed E-state index contributed by atoms with van der Waals surface area (Å²) in [5, 5.41) is 6.77. The molecule has 0 unspecified atom stereocenters. The van der Waals surface area contributed by atoms with Gasteiger partial charge in [-0.05, 0) is 48.9 Å². The molecule has 2 N–H and O–H groups in total. The number of hydrogen-bond acceptors (Lipinski definition) is 2. The van der Waals surface area contributed by atoms with E-state index >= 15 is 0 Å². The Labute approximate surface area is 137 Å². The van der Waals surface area contributed by atoms with E-state index in [4.69, 9.17) is 11.6 Å². The average molecular weight is 368 g/mol. The monoisotopic (exact) mass is 366 g/mol. The van der Waals surface area contributed by atoms with Crippen molar-refractivity contribution in [2.24, 2.45) is 0 Å². The van der Waals surface area contributed by atoms with Crippen LogP contribution in [0, 0.1) is 6.92 Å². The zero-order valence-electron chi connectivity index (χ0n) is 11.6. The van der Waals surface area contributed by atoms with E-state index in [1.807, 2.05) is 43.3 Å². The van der Waals surface area contributed by atoms with Crippen molar-refractivity contribution in [2.45, 2.75) is 13.3 Å². The first kappa shape index (κ1) is 15.9. The van der Waals surface area contributed by atoms with Crippen LogP contribution in [-0.4, -0.2) is 12.5 Å². The van der Waals surface area contributed by atoms with Gasteiger partial charge >= 0.3 is 0 Å². The van der Waals surface area contributed by atoms with E-state index in [2.05, 4.69) is 26.6 Å². The second kappa shape index (κ2) is 7.48. The Morgan fingerprint density at radius 2 is 2.05 bits per heavy atom. The molecule has 3 nitrogen and oxygen atoms in total. The van der Waals surface area contributed by atoms with Crippen LogP contribution in [0.5, 0.6) is 0 Å². The van der Waals surface area contributed by atoms with Crippen LogP contribution in [0.3, 0.4) is 0 Å². The van der Waals surface area contributed by atoms with Gasteiger partial charge in [0.25, 0.3) is 0 Å². The molecule has 0 aromatic heterocycles. The van der Waals surface area contributed by atoms with E-state index < -0.39 is 0 Å². The maximum absolute atomic E-state index is 11.9. The van der Waals surface area contributed by atoms with Gasteiger partial charge in [0.15, 0.2) is 0 Å². The van der Waals surface area contributed by atoms with Gasteiger partial charge in [-0.25, -0.2) is 0 Å². The zero-order chi connectivity index (χ0) is 15.2. The lowest BCUT2D eigenvalue weighted by molar-refractivity contribution is -0.115. The van der Waals surface area contributed by atoms with Gasteiger partial charge in [-0.2, -0.15) is 0 Å². The van der Waals surface area contributed by atoms with Gasteiger partial charge in [0.1, 0.15) is 0 Å². The highest BCUT2D eigenvalue weighted by atomic mass is 79.9. The second-order valence-corrected chi connectivity index (χ2v) is 6.05. The number of rotatable bonds is 5. The lowest BCUT2D eigenvalue weighted by atomic mass is 10.2. The van der Waals surface area contributed by atoms with Crippen LogP contribution in [0.2, 0.25) is 5.02 Å². The Bertz CT molecular complexity index is 646. The van der Waals surface area contributed by atoms with Crippen LogP contribution in [0.1, 0.15) is 12.0 Å². The number of benzene rings is 2. The normalized spacial score (nSPS) is 10.2. The Hall–Kier alpha value is -1.52. The minimum absolute atomic E-state index is 0.0251. The molecule has 110 valence electrons. The molecule has 2 rings (SSSR count). The Morgan fingerprint density at radius 3 is 2.76 bits per heavy atom. The predicted octanol–water partition coefficient (Wildman–Crippen LogP) is 4.85. The highest BCUT2D eigenvalue weighted by molar-refractivity contribution is 9.10. The Balaban J connectivity index is 1.82. The van der Waals surface area contributed by atoms with Gasteiger partial charge in [-0.15, -0.1) is 0 Å². The van der Waals surface area contributed by atoms with E-state index in [1.165, 1.54) is 0 Å². The molecule has 0 aliphatic rings. The van der Waals surface area contributed by atoms with E-state index in [0.717, 1.165) is 21.4 Å². The van der Waals surface area contributed by atoms with Crippen LogP contribution < -0.4 is 10.6 Å². The van der Waals surface area contributed by atoms with Gasteiger partial charge in [0, 0.05) is 33.8 Å². The quantitative estimate of drug-likeness (QED) is 0.793. The minimum atomic E-state index is -0.0251. The number of anilines is 2. The molecule has 0 heterocycles. The fraction of sp³-hybridized carbons (Fsp3) is 0.188. The van der Waals surface area contributed by atoms with Crippen LogP contribution in [0.4, 0.5) is 11.4 Å². The first-order chi connectivity index (χ1) is 10.0. The molecule has 0 spiro atoms. The molecular formula is C16H16BrClN2O. The number of carbonyl (C=O) groups is 1. The summed E-state index contributed by atoms with van der Waals surface area (Å²) in [6.07, 6.45) is 0.397. The molecule has 21 heavy (non-hydrogen) atoms. The van der Waals surface area contributed by atoms with Crippen LogP contribution in [-0.2, 0) is 4.79 Å². The minimum Gasteiger partial charge on any atom is -0.384 e. The summed E-state index contributed by atoms with van der Waals surface area (Å²) in [7, 11) is 0. The molecule has 0 atom stereocenters. The largest absolute Gasteiger partial charge is 0.384 e. The molecule has 0 saturated heterocycles. The van der Waals surface area contributed by atoms with Crippen molar-refractivity contribution >= 4 is 44.8 Å². The standard InChI is InChI=1S/C16H16BrClN2O/c1-11-9-13(18)5-6-15(11)20-16(21)7-8-19-14-4-2-3-12(17)10-14/h2-6,9-10,19H,7-8H2,1H3,(H,20,21). The van der Waals surface area contributed by atoms with Gasteiger partial charge in [0.05, 0.1) is 0 Å². The molecule has 0 bridgehead atoms. The SMILES string of the molecule is Cc1cc(Cl)ccc1NC(=O)CCNc1cccc(Br)c1. The van der Waals surface area contributed by atoms with Gasteiger partial charge in [-0.1, -0.05) is 33.6 Å². The van der Waals surface area contributed by atoms with Crippen molar-refractivity contribution in [3.63, 3.8) is 0 Å². The summed E-state index contributed by atoms with van der Waals surface area (Å²) in [6.45, 7) is 2.50. The lowest BCUT2D eigenvalue weighted by Gasteiger charge is -2.10. The van der Waals surface area contributed by atoms with Gasteiger partial charge in [0.2, 0.25) is 5.91 Å². The highest BCUT2D eigenvalue weighted by Gasteiger charge is 2.05. The summed E-state index contributed by atoms with van der Waals surface area (Å²) < 4.78 is 1.01. The lowest BCUT2D eigenvalue weighted by Crippen LogP contribution is -2.16. The van der Waals surface area contributed by atoms with Crippen LogP contribution in [0.25, 0.3) is 0 Å². The summed E-state index contributed by atoms with van der Waals surface area (Å²) in [5.74, 6) is -0.0251. The van der Waals surface area contributed by atoms with Crippen molar-refractivity contribution < 1.29 is 4.79 Å². The fourth-order valence-corrected chi connectivity index (χ4v) is 2.52. The van der Waals surface area contributed by atoms with Crippen molar-refractivity contribution in [3.05, 3.63) is 57.5 Å². The Morgan fingerprint density at radius 1 is 1.24 bits per heavy atom. The number of amides is 1. The van der Waals surface area contributed by atoms with E-state index in [0.29, 0.717) is 18.0 Å². The molecule has 0 aliphatic heterocycles. The van der Waals surface area contributed by atoms with Gasteiger partial charge in [-0.3, -0.25) is 4.79 Å². The molecular weight excluding hydrogens is 352 g/mol. The Kier molecular flexibility index (Phi) is 5.65. The molecule has 0 radical (unpaired) electrons. The van der Waals surface area contributed by atoms with Gasteiger partial charge < -0.3 is 10.6 Å². The number of aryl methyl sites for hydroxylation is 1. The fourth-order valence-electron chi connectivity index (χ4n) is 1.90. The third-order valence-corrected chi connectivity index (χ3v) is 3.70. The number of nitrogens with one attached hydrogen (secondary N) is 2. The van der Waals surface area contributed by atoms with Crippen molar-refractivity contribution in [1.82, 2.24) is 0 Å². The summed E-state index contributed by atoms with van der Waals surface area (Å²) in [6, 6.07) is 13.3. The van der Waals surface area contributed by atoms with E-state index in [9.17, 15) is 4.79 Å². The molecule has 2 aromatic rings. The maximum Gasteiger partial charge on any atom is 0.226 e. The second-order valence-electron chi connectivity index (χ2n) is 4.69. The number of hydrogen-bond donors (Lipinski definition) is 2. The average Bonchev–Trinajstić information content (AvgIpc) is 2.42. The third-order valence-electron chi connectivity index (χ3n) is 2.97. The molecule has 0 aliphatic carbocycles.